The van der Waals surface area contributed by atoms with Gasteiger partial charge in [0.25, 0.3) is 0 Å². The zero-order valence-electron chi connectivity index (χ0n) is 13.7. The van der Waals surface area contributed by atoms with Gasteiger partial charge in [0.1, 0.15) is 6.04 Å². The molecule has 5 nitrogen and oxygen atoms in total. The number of imide groups is 1. The van der Waals surface area contributed by atoms with Crippen LogP contribution < -0.4 is 16.4 Å². The van der Waals surface area contributed by atoms with Crippen LogP contribution >= 0.6 is 0 Å². The quantitative estimate of drug-likeness (QED) is 0.731. The molecule has 0 bridgehead atoms. The normalized spacial score (nSPS) is 13.0. The summed E-state index contributed by atoms with van der Waals surface area (Å²) in [5.41, 5.74) is 7.12. The van der Waals surface area contributed by atoms with Gasteiger partial charge in [0.2, 0.25) is 5.91 Å². The molecule has 2 aromatic carbocycles. The summed E-state index contributed by atoms with van der Waals surface area (Å²) in [4.78, 5) is 23.3. The molecule has 0 aromatic heterocycles. The van der Waals surface area contributed by atoms with Crippen molar-refractivity contribution in [1.29, 1.82) is 0 Å². The molecule has 24 heavy (non-hydrogen) atoms. The van der Waals surface area contributed by atoms with Crippen molar-refractivity contribution in [3.05, 3.63) is 71.8 Å². The van der Waals surface area contributed by atoms with E-state index in [1.807, 2.05) is 55.5 Å². The molecule has 2 rings (SSSR count). The average molecular weight is 325 g/mol. The van der Waals surface area contributed by atoms with Gasteiger partial charge in [-0.3, -0.25) is 15.4 Å². The van der Waals surface area contributed by atoms with Crippen LogP contribution in [0.4, 0.5) is 4.79 Å². The Bertz CT molecular complexity index is 659. The van der Waals surface area contributed by atoms with Crippen molar-refractivity contribution in [2.45, 2.75) is 31.8 Å². The molecule has 2 atom stereocenters. The minimum atomic E-state index is -0.848. The molecule has 0 aliphatic carbocycles. The largest absolute Gasteiger partial charge is 0.351 e. The summed E-state index contributed by atoms with van der Waals surface area (Å²) in [6.07, 6.45) is 1.78. The molecule has 0 spiro atoms. The number of carbonyl (C=O) groups is 2. The highest BCUT2D eigenvalue weighted by molar-refractivity contribution is 5.96. The van der Waals surface area contributed by atoms with Crippen LogP contribution in [0.5, 0.6) is 0 Å². The molecule has 0 aliphatic rings. The van der Waals surface area contributed by atoms with Gasteiger partial charge < -0.3 is 5.73 Å². The third kappa shape index (κ3) is 5.52. The van der Waals surface area contributed by atoms with E-state index in [0.717, 1.165) is 18.4 Å². The van der Waals surface area contributed by atoms with Crippen molar-refractivity contribution < 1.29 is 9.59 Å². The van der Waals surface area contributed by atoms with E-state index in [1.165, 1.54) is 5.56 Å². The Morgan fingerprint density at radius 2 is 1.58 bits per heavy atom. The summed E-state index contributed by atoms with van der Waals surface area (Å²) in [5.74, 6) is -0.444. The summed E-state index contributed by atoms with van der Waals surface area (Å²) in [6, 6.07) is 18.1. The molecule has 0 fully saturated rings. The number of rotatable bonds is 7. The van der Waals surface area contributed by atoms with Gasteiger partial charge in [0.05, 0.1) is 0 Å². The summed E-state index contributed by atoms with van der Waals surface area (Å²) in [6.45, 7) is 2.02. The van der Waals surface area contributed by atoms with Crippen molar-refractivity contribution in [3.8, 4) is 0 Å². The van der Waals surface area contributed by atoms with E-state index in [1.54, 1.807) is 0 Å². The minimum absolute atomic E-state index is 0.0917. The SMILES string of the molecule is C[C@H](CCc1ccccc1)N[C@@H](C(=O)NC(N)=O)c1ccccc1. The highest BCUT2D eigenvalue weighted by Gasteiger charge is 2.23. The fourth-order valence-electron chi connectivity index (χ4n) is 2.56. The van der Waals surface area contributed by atoms with Crippen molar-refractivity contribution in [2.75, 3.05) is 0 Å². The smallest absolute Gasteiger partial charge is 0.318 e. The fraction of sp³-hybridized carbons (Fsp3) is 0.263. The van der Waals surface area contributed by atoms with Crippen molar-refractivity contribution >= 4 is 11.9 Å². The second-order valence-corrected chi connectivity index (χ2v) is 5.79. The van der Waals surface area contributed by atoms with Gasteiger partial charge in [-0.05, 0) is 30.9 Å². The number of aryl methyl sites for hydroxylation is 1. The van der Waals surface area contributed by atoms with Gasteiger partial charge in [-0.15, -0.1) is 0 Å². The van der Waals surface area contributed by atoms with E-state index in [-0.39, 0.29) is 6.04 Å². The second-order valence-electron chi connectivity index (χ2n) is 5.79. The summed E-state index contributed by atoms with van der Waals surface area (Å²) in [5, 5.41) is 5.45. The summed E-state index contributed by atoms with van der Waals surface area (Å²) in [7, 11) is 0. The highest BCUT2D eigenvalue weighted by Crippen LogP contribution is 2.15. The lowest BCUT2D eigenvalue weighted by molar-refractivity contribution is -0.122. The lowest BCUT2D eigenvalue weighted by Gasteiger charge is -2.22. The highest BCUT2D eigenvalue weighted by atomic mass is 16.2. The maximum absolute atomic E-state index is 12.3. The number of hydrogen-bond donors (Lipinski definition) is 3. The molecule has 5 heteroatoms. The Morgan fingerprint density at radius 3 is 2.17 bits per heavy atom. The van der Waals surface area contributed by atoms with Crippen LogP contribution in [-0.4, -0.2) is 18.0 Å². The molecular formula is C19H23N3O2. The van der Waals surface area contributed by atoms with E-state index in [4.69, 9.17) is 5.73 Å². The zero-order valence-corrected chi connectivity index (χ0v) is 13.7. The van der Waals surface area contributed by atoms with E-state index in [9.17, 15) is 9.59 Å². The Balaban J connectivity index is 2.01. The maximum atomic E-state index is 12.3. The monoisotopic (exact) mass is 325 g/mol. The molecule has 0 radical (unpaired) electrons. The second kappa shape index (κ2) is 8.84. The first-order valence-electron chi connectivity index (χ1n) is 8.01. The number of carbonyl (C=O) groups excluding carboxylic acids is 2. The van der Waals surface area contributed by atoms with E-state index >= 15 is 0 Å². The van der Waals surface area contributed by atoms with E-state index in [2.05, 4.69) is 22.8 Å². The Hall–Kier alpha value is -2.66. The van der Waals surface area contributed by atoms with Crippen LogP contribution in [0.2, 0.25) is 0 Å². The van der Waals surface area contributed by atoms with Crippen LogP contribution in [0.25, 0.3) is 0 Å². The molecular weight excluding hydrogens is 302 g/mol. The number of benzene rings is 2. The number of nitrogens with two attached hydrogens (primary N) is 1. The van der Waals surface area contributed by atoms with Crippen LogP contribution in [-0.2, 0) is 11.2 Å². The standard InChI is InChI=1S/C19H23N3O2/c1-14(12-13-15-8-4-2-5-9-15)21-17(18(23)22-19(20)24)16-10-6-3-7-11-16/h2-11,14,17,21H,12-13H2,1H3,(H3,20,22,23,24)/t14-,17-/m1/s1. The predicted octanol–water partition coefficient (Wildman–Crippen LogP) is 2.53. The van der Waals surface area contributed by atoms with Gasteiger partial charge in [-0.25, -0.2) is 4.79 Å². The Labute approximate surface area is 142 Å². The molecule has 4 N–H and O–H groups in total. The van der Waals surface area contributed by atoms with Crippen molar-refractivity contribution in [3.63, 3.8) is 0 Å². The van der Waals surface area contributed by atoms with Crippen LogP contribution in [0, 0.1) is 0 Å². The van der Waals surface area contributed by atoms with Gasteiger partial charge in [0, 0.05) is 6.04 Å². The number of amides is 3. The molecule has 0 heterocycles. The topological polar surface area (TPSA) is 84.2 Å². The molecule has 0 saturated carbocycles. The lowest BCUT2D eigenvalue weighted by atomic mass is 10.0. The molecule has 0 aliphatic heterocycles. The Kier molecular flexibility index (Phi) is 6.51. The number of urea groups is 1. The molecule has 126 valence electrons. The third-order valence-corrected chi connectivity index (χ3v) is 3.80. The summed E-state index contributed by atoms with van der Waals surface area (Å²) >= 11 is 0. The minimum Gasteiger partial charge on any atom is -0.351 e. The summed E-state index contributed by atoms with van der Waals surface area (Å²) < 4.78 is 0. The first kappa shape index (κ1) is 17.7. The van der Waals surface area contributed by atoms with Crippen LogP contribution in [0.1, 0.15) is 30.5 Å². The fourth-order valence-corrected chi connectivity index (χ4v) is 2.56. The Morgan fingerprint density at radius 1 is 1.00 bits per heavy atom. The molecule has 3 amide bonds. The van der Waals surface area contributed by atoms with Crippen molar-refractivity contribution in [2.24, 2.45) is 5.73 Å². The lowest BCUT2D eigenvalue weighted by Crippen LogP contribution is -2.45. The van der Waals surface area contributed by atoms with Crippen molar-refractivity contribution in [1.82, 2.24) is 10.6 Å². The number of nitrogens with one attached hydrogen (secondary N) is 2. The van der Waals surface area contributed by atoms with Crippen LogP contribution in [0.15, 0.2) is 60.7 Å². The van der Waals surface area contributed by atoms with Gasteiger partial charge in [-0.2, -0.15) is 0 Å². The molecule has 2 aromatic rings. The van der Waals surface area contributed by atoms with E-state index < -0.39 is 18.0 Å². The number of primary amides is 1. The first-order valence-corrected chi connectivity index (χ1v) is 8.01. The maximum Gasteiger partial charge on any atom is 0.318 e. The third-order valence-electron chi connectivity index (χ3n) is 3.80. The zero-order chi connectivity index (χ0) is 17.4. The molecule has 0 saturated heterocycles. The predicted molar refractivity (Wildman–Crippen MR) is 94.3 cm³/mol. The number of hydrogen-bond acceptors (Lipinski definition) is 3. The molecule has 0 unspecified atom stereocenters. The van der Waals surface area contributed by atoms with Gasteiger partial charge >= 0.3 is 6.03 Å². The van der Waals surface area contributed by atoms with Gasteiger partial charge in [0.15, 0.2) is 0 Å². The van der Waals surface area contributed by atoms with Gasteiger partial charge in [-0.1, -0.05) is 60.7 Å². The van der Waals surface area contributed by atoms with Crippen LogP contribution in [0.3, 0.4) is 0 Å². The van der Waals surface area contributed by atoms with E-state index in [0.29, 0.717) is 0 Å². The first-order chi connectivity index (χ1) is 11.6. The average Bonchev–Trinajstić information content (AvgIpc) is 2.59.